The smallest absolute Gasteiger partial charge is 0.255 e. The van der Waals surface area contributed by atoms with Gasteiger partial charge in [-0.3, -0.25) is 9.59 Å². The lowest BCUT2D eigenvalue weighted by Crippen LogP contribution is -2.31. The number of aryl methyl sites for hydroxylation is 1. The molecule has 1 atom stereocenters. The summed E-state index contributed by atoms with van der Waals surface area (Å²) in [4.78, 5) is 24.3. The van der Waals surface area contributed by atoms with Crippen molar-refractivity contribution in [2.24, 2.45) is 0 Å². The van der Waals surface area contributed by atoms with E-state index in [1.165, 1.54) is 0 Å². The van der Waals surface area contributed by atoms with E-state index in [0.717, 1.165) is 22.1 Å². The van der Waals surface area contributed by atoms with Gasteiger partial charge in [-0.15, -0.1) is 0 Å². The van der Waals surface area contributed by atoms with Crippen LogP contribution in [0, 0.1) is 6.92 Å². The quantitative estimate of drug-likeness (QED) is 0.789. The van der Waals surface area contributed by atoms with Crippen molar-refractivity contribution in [3.63, 3.8) is 0 Å². The van der Waals surface area contributed by atoms with Crippen LogP contribution in [0.25, 0.3) is 0 Å². The molecule has 2 aromatic carbocycles. The second-order valence-corrected chi connectivity index (χ2v) is 6.63. The molecule has 0 spiro atoms. The highest BCUT2D eigenvalue weighted by atomic mass is 79.9. The lowest BCUT2D eigenvalue weighted by Gasteiger charge is -2.11. The molecule has 0 aliphatic heterocycles. The summed E-state index contributed by atoms with van der Waals surface area (Å²) < 4.78 is 0.997. The Morgan fingerprint density at radius 1 is 1.04 bits per heavy atom. The Bertz CT molecular complexity index is 742. The van der Waals surface area contributed by atoms with Crippen LogP contribution in [0.5, 0.6) is 0 Å². The van der Waals surface area contributed by atoms with Crippen molar-refractivity contribution < 1.29 is 9.59 Å². The fourth-order valence-electron chi connectivity index (χ4n) is 2.11. The van der Waals surface area contributed by atoms with Gasteiger partial charge in [0.05, 0.1) is 0 Å². The third-order valence-corrected chi connectivity index (χ3v) is 4.70. The molecule has 0 aliphatic rings. The molecule has 0 fully saturated rings. The van der Waals surface area contributed by atoms with Crippen LogP contribution in [0.3, 0.4) is 0 Å². The monoisotopic (exact) mass is 388 g/mol. The molecule has 2 amide bonds. The minimum atomic E-state index is -0.203. The molecule has 2 N–H and O–H groups in total. The van der Waals surface area contributed by atoms with Gasteiger partial charge < -0.3 is 10.6 Å². The molecular formula is C19H21BrN2O2. The van der Waals surface area contributed by atoms with Crippen molar-refractivity contribution in [1.29, 1.82) is 0 Å². The molecule has 0 aromatic heterocycles. The predicted octanol–water partition coefficient (Wildman–Crippen LogP) is 4.54. The van der Waals surface area contributed by atoms with Crippen molar-refractivity contribution >= 4 is 33.4 Å². The standard InChI is InChI=1S/C19H21BrN2O2/c1-4-13(3)21-18(23)14-5-7-15(8-6-14)19(24)22-16-9-10-17(20)12(2)11-16/h5-11,13H,4H2,1-3H3,(H,21,23)(H,22,24). The van der Waals surface area contributed by atoms with Crippen molar-refractivity contribution in [3.05, 3.63) is 63.6 Å². The van der Waals surface area contributed by atoms with Crippen LogP contribution >= 0.6 is 15.9 Å². The van der Waals surface area contributed by atoms with Crippen LogP contribution in [-0.2, 0) is 0 Å². The second-order valence-electron chi connectivity index (χ2n) is 5.78. The van der Waals surface area contributed by atoms with E-state index in [2.05, 4.69) is 26.6 Å². The first-order valence-corrected chi connectivity index (χ1v) is 8.68. The molecule has 126 valence electrons. The van der Waals surface area contributed by atoms with Crippen LogP contribution in [-0.4, -0.2) is 17.9 Å². The number of carbonyl (C=O) groups excluding carboxylic acids is 2. The Balaban J connectivity index is 2.05. The minimum Gasteiger partial charge on any atom is -0.350 e. The summed E-state index contributed by atoms with van der Waals surface area (Å²) >= 11 is 3.43. The highest BCUT2D eigenvalue weighted by Gasteiger charge is 2.11. The fourth-order valence-corrected chi connectivity index (χ4v) is 2.35. The molecule has 24 heavy (non-hydrogen) atoms. The van der Waals surface area contributed by atoms with E-state index in [-0.39, 0.29) is 17.9 Å². The normalized spacial score (nSPS) is 11.7. The third-order valence-electron chi connectivity index (χ3n) is 3.81. The topological polar surface area (TPSA) is 58.2 Å². The number of benzene rings is 2. The average molecular weight is 389 g/mol. The summed E-state index contributed by atoms with van der Waals surface area (Å²) in [5.74, 6) is -0.328. The van der Waals surface area contributed by atoms with E-state index in [1.807, 2.05) is 39.0 Å². The fraction of sp³-hybridized carbons (Fsp3) is 0.263. The van der Waals surface area contributed by atoms with Crippen LogP contribution in [0.1, 0.15) is 46.5 Å². The lowest BCUT2D eigenvalue weighted by molar-refractivity contribution is 0.0937. The summed E-state index contributed by atoms with van der Waals surface area (Å²) in [7, 11) is 0. The average Bonchev–Trinajstić information content (AvgIpc) is 2.58. The zero-order valence-electron chi connectivity index (χ0n) is 14.0. The van der Waals surface area contributed by atoms with Crippen LogP contribution in [0.2, 0.25) is 0 Å². The van der Waals surface area contributed by atoms with E-state index < -0.39 is 0 Å². The first-order valence-electron chi connectivity index (χ1n) is 7.89. The van der Waals surface area contributed by atoms with Crippen molar-refractivity contribution in [1.82, 2.24) is 5.32 Å². The Hall–Kier alpha value is -2.14. The number of hydrogen-bond donors (Lipinski definition) is 2. The SMILES string of the molecule is CCC(C)NC(=O)c1ccc(C(=O)Nc2ccc(Br)c(C)c2)cc1. The van der Waals surface area contributed by atoms with Gasteiger partial charge in [0.25, 0.3) is 11.8 Å². The Labute approximate surface area is 150 Å². The number of amides is 2. The van der Waals surface area contributed by atoms with Gasteiger partial charge in [0.15, 0.2) is 0 Å². The third kappa shape index (κ3) is 4.68. The molecule has 0 heterocycles. The van der Waals surface area contributed by atoms with Gasteiger partial charge in [-0.2, -0.15) is 0 Å². The molecule has 0 saturated carbocycles. The molecule has 0 saturated heterocycles. The van der Waals surface area contributed by atoms with Gasteiger partial charge in [-0.05, 0) is 68.3 Å². The Morgan fingerprint density at radius 2 is 1.62 bits per heavy atom. The van der Waals surface area contributed by atoms with Crippen molar-refractivity contribution in [3.8, 4) is 0 Å². The van der Waals surface area contributed by atoms with E-state index in [4.69, 9.17) is 0 Å². The Morgan fingerprint density at radius 3 is 2.17 bits per heavy atom. The van der Waals surface area contributed by atoms with E-state index in [1.54, 1.807) is 24.3 Å². The summed E-state index contributed by atoms with van der Waals surface area (Å²) in [6.07, 6.45) is 0.874. The molecule has 1 unspecified atom stereocenters. The molecule has 5 heteroatoms. The molecule has 0 bridgehead atoms. The van der Waals surface area contributed by atoms with Crippen molar-refractivity contribution in [2.45, 2.75) is 33.2 Å². The zero-order chi connectivity index (χ0) is 17.7. The maximum atomic E-state index is 12.3. The molecule has 0 aliphatic carbocycles. The highest BCUT2D eigenvalue weighted by Crippen LogP contribution is 2.20. The van der Waals surface area contributed by atoms with Gasteiger partial charge in [0.2, 0.25) is 0 Å². The van der Waals surface area contributed by atoms with Crippen molar-refractivity contribution in [2.75, 3.05) is 5.32 Å². The first-order chi connectivity index (χ1) is 11.4. The maximum Gasteiger partial charge on any atom is 0.255 e. The van der Waals surface area contributed by atoms with Gasteiger partial charge >= 0.3 is 0 Å². The number of carbonyl (C=O) groups is 2. The number of anilines is 1. The van der Waals surface area contributed by atoms with Crippen LogP contribution in [0.4, 0.5) is 5.69 Å². The molecule has 4 nitrogen and oxygen atoms in total. The van der Waals surface area contributed by atoms with Gasteiger partial charge in [-0.1, -0.05) is 22.9 Å². The van der Waals surface area contributed by atoms with Crippen LogP contribution in [0.15, 0.2) is 46.9 Å². The summed E-state index contributed by atoms with van der Waals surface area (Å²) in [5, 5.41) is 5.76. The largest absolute Gasteiger partial charge is 0.350 e. The summed E-state index contributed by atoms with van der Waals surface area (Å²) in [5.41, 5.74) is 2.84. The summed E-state index contributed by atoms with van der Waals surface area (Å²) in [6.45, 7) is 5.94. The lowest BCUT2D eigenvalue weighted by atomic mass is 10.1. The Kier molecular flexibility index (Phi) is 6.15. The number of rotatable bonds is 5. The zero-order valence-corrected chi connectivity index (χ0v) is 15.6. The van der Waals surface area contributed by atoms with Crippen LogP contribution < -0.4 is 10.6 Å². The summed E-state index contributed by atoms with van der Waals surface area (Å²) in [6, 6.07) is 12.4. The maximum absolute atomic E-state index is 12.3. The van der Waals surface area contributed by atoms with Gasteiger partial charge in [0, 0.05) is 27.3 Å². The second kappa shape index (κ2) is 8.11. The first kappa shape index (κ1) is 18.2. The number of halogens is 1. The number of hydrogen-bond acceptors (Lipinski definition) is 2. The molecule has 0 radical (unpaired) electrons. The number of nitrogens with one attached hydrogen (secondary N) is 2. The van der Waals surface area contributed by atoms with Gasteiger partial charge in [-0.25, -0.2) is 0 Å². The molecular weight excluding hydrogens is 368 g/mol. The molecule has 2 rings (SSSR count). The van der Waals surface area contributed by atoms with E-state index in [9.17, 15) is 9.59 Å². The van der Waals surface area contributed by atoms with Gasteiger partial charge in [0.1, 0.15) is 0 Å². The van der Waals surface area contributed by atoms with E-state index in [0.29, 0.717) is 11.1 Å². The predicted molar refractivity (Wildman–Crippen MR) is 100 cm³/mol. The van der Waals surface area contributed by atoms with E-state index >= 15 is 0 Å². The molecule has 2 aromatic rings. The highest BCUT2D eigenvalue weighted by molar-refractivity contribution is 9.10. The minimum absolute atomic E-state index is 0.125.